The van der Waals surface area contributed by atoms with Crippen LogP contribution in [0.5, 0.6) is 5.75 Å². The van der Waals surface area contributed by atoms with Crippen LogP contribution in [0, 0.1) is 0 Å². The van der Waals surface area contributed by atoms with Crippen molar-refractivity contribution in [2.45, 2.75) is 19.3 Å². The third kappa shape index (κ3) is 3.32. The van der Waals surface area contributed by atoms with E-state index in [1.807, 2.05) is 6.07 Å². The van der Waals surface area contributed by atoms with Gasteiger partial charge in [-0.05, 0) is 29.3 Å². The standard InChI is InChI=1S/C20H18N4O4/c1-11(25)23-16-6-14-13(7-19(26)24-15(14)8-18(16)27-2)12-9-21-20(22-10-12)17-4-3-5-28-17/h3-6,8-10,13H,7H2,1-2H3,(H,23,25)(H,24,26). The van der Waals surface area contributed by atoms with Gasteiger partial charge in [-0.25, -0.2) is 9.97 Å². The van der Waals surface area contributed by atoms with Crippen molar-refractivity contribution in [3.05, 3.63) is 54.0 Å². The molecule has 1 unspecified atom stereocenters. The lowest BCUT2D eigenvalue weighted by atomic mass is 9.85. The molecule has 8 nitrogen and oxygen atoms in total. The van der Waals surface area contributed by atoms with Crippen LogP contribution in [0.4, 0.5) is 11.4 Å². The number of rotatable bonds is 4. The zero-order valence-corrected chi connectivity index (χ0v) is 15.4. The molecule has 2 amide bonds. The molecule has 142 valence electrons. The zero-order valence-electron chi connectivity index (χ0n) is 15.4. The molecule has 28 heavy (non-hydrogen) atoms. The molecule has 2 N–H and O–H groups in total. The van der Waals surface area contributed by atoms with Crippen LogP contribution in [0.2, 0.25) is 0 Å². The monoisotopic (exact) mass is 378 g/mol. The first-order valence-corrected chi connectivity index (χ1v) is 8.70. The number of furan rings is 1. The summed E-state index contributed by atoms with van der Waals surface area (Å²) in [5, 5.41) is 5.63. The van der Waals surface area contributed by atoms with Gasteiger partial charge in [0.15, 0.2) is 11.6 Å². The van der Waals surface area contributed by atoms with Gasteiger partial charge in [-0.1, -0.05) is 0 Å². The lowest BCUT2D eigenvalue weighted by molar-refractivity contribution is -0.117. The van der Waals surface area contributed by atoms with Gasteiger partial charge in [0.25, 0.3) is 0 Å². The van der Waals surface area contributed by atoms with Gasteiger partial charge in [-0.15, -0.1) is 0 Å². The molecule has 0 saturated carbocycles. The summed E-state index contributed by atoms with van der Waals surface area (Å²) in [6, 6.07) is 7.08. The summed E-state index contributed by atoms with van der Waals surface area (Å²) in [6.45, 7) is 1.43. The number of carbonyl (C=O) groups is 2. The Balaban J connectivity index is 1.75. The summed E-state index contributed by atoms with van der Waals surface area (Å²) in [5.41, 5.74) is 2.84. The topological polar surface area (TPSA) is 106 Å². The Morgan fingerprint density at radius 3 is 2.75 bits per heavy atom. The highest BCUT2D eigenvalue weighted by atomic mass is 16.5. The number of ether oxygens (including phenoxy) is 1. The normalized spacial score (nSPS) is 15.5. The van der Waals surface area contributed by atoms with Crippen LogP contribution in [-0.2, 0) is 9.59 Å². The van der Waals surface area contributed by atoms with Crippen LogP contribution in [0.25, 0.3) is 11.6 Å². The maximum absolute atomic E-state index is 12.2. The fourth-order valence-corrected chi connectivity index (χ4v) is 3.29. The van der Waals surface area contributed by atoms with Gasteiger partial charge in [0.2, 0.25) is 11.8 Å². The highest BCUT2D eigenvalue weighted by Gasteiger charge is 2.29. The summed E-state index contributed by atoms with van der Waals surface area (Å²) in [5.74, 6) is 0.962. The van der Waals surface area contributed by atoms with Crippen LogP contribution in [0.1, 0.15) is 30.4 Å². The lowest BCUT2D eigenvalue weighted by Crippen LogP contribution is -2.24. The molecule has 3 heterocycles. The number of aromatic nitrogens is 2. The van der Waals surface area contributed by atoms with Gasteiger partial charge in [-0.2, -0.15) is 0 Å². The Bertz CT molecular complexity index is 1030. The van der Waals surface area contributed by atoms with E-state index in [2.05, 4.69) is 20.6 Å². The number of nitrogens with zero attached hydrogens (tertiary/aromatic N) is 2. The number of hydrogen-bond acceptors (Lipinski definition) is 6. The van der Waals surface area contributed by atoms with E-state index < -0.39 is 0 Å². The molecule has 1 atom stereocenters. The van der Waals surface area contributed by atoms with Crippen molar-refractivity contribution in [1.82, 2.24) is 9.97 Å². The van der Waals surface area contributed by atoms with Crippen molar-refractivity contribution >= 4 is 23.2 Å². The van der Waals surface area contributed by atoms with Crippen molar-refractivity contribution in [1.29, 1.82) is 0 Å². The Morgan fingerprint density at radius 1 is 1.32 bits per heavy atom. The first-order chi connectivity index (χ1) is 13.5. The van der Waals surface area contributed by atoms with E-state index in [1.165, 1.54) is 14.0 Å². The van der Waals surface area contributed by atoms with Crippen molar-refractivity contribution in [3.63, 3.8) is 0 Å². The molecule has 4 rings (SSSR count). The molecule has 0 bridgehead atoms. The second-order valence-electron chi connectivity index (χ2n) is 6.44. The van der Waals surface area contributed by atoms with E-state index in [4.69, 9.17) is 9.15 Å². The summed E-state index contributed by atoms with van der Waals surface area (Å²) < 4.78 is 10.7. The second kappa shape index (κ2) is 7.15. The Hall–Kier alpha value is -3.68. The Labute approximate surface area is 160 Å². The molecule has 0 fully saturated rings. The summed E-state index contributed by atoms with van der Waals surface area (Å²) in [4.78, 5) is 32.5. The van der Waals surface area contributed by atoms with Gasteiger partial charge < -0.3 is 19.8 Å². The van der Waals surface area contributed by atoms with E-state index in [0.29, 0.717) is 28.7 Å². The number of amides is 2. The van der Waals surface area contributed by atoms with Gasteiger partial charge in [0.05, 0.1) is 19.1 Å². The summed E-state index contributed by atoms with van der Waals surface area (Å²) in [6.07, 6.45) is 5.20. The van der Waals surface area contributed by atoms with E-state index in [0.717, 1.165) is 11.1 Å². The minimum atomic E-state index is -0.243. The SMILES string of the molecule is COc1cc2c(cc1NC(C)=O)C(c1cnc(-c3ccco3)nc1)CC(=O)N2. The molecule has 0 radical (unpaired) electrons. The van der Waals surface area contributed by atoms with Crippen molar-refractivity contribution < 1.29 is 18.7 Å². The van der Waals surface area contributed by atoms with Gasteiger partial charge >= 0.3 is 0 Å². The van der Waals surface area contributed by atoms with E-state index in [9.17, 15) is 9.59 Å². The number of carbonyl (C=O) groups excluding carboxylic acids is 2. The van der Waals surface area contributed by atoms with Crippen LogP contribution in [0.3, 0.4) is 0 Å². The predicted octanol–water partition coefficient (Wildman–Crippen LogP) is 3.18. The lowest BCUT2D eigenvalue weighted by Gasteiger charge is -2.27. The van der Waals surface area contributed by atoms with E-state index in [-0.39, 0.29) is 24.2 Å². The molecule has 2 aromatic heterocycles. The molecule has 0 spiro atoms. The average molecular weight is 378 g/mol. The molecular formula is C20H18N4O4. The number of nitrogens with one attached hydrogen (secondary N) is 2. The minimum absolute atomic E-state index is 0.109. The highest BCUT2D eigenvalue weighted by molar-refractivity contribution is 5.98. The predicted molar refractivity (Wildman–Crippen MR) is 102 cm³/mol. The highest BCUT2D eigenvalue weighted by Crippen LogP contribution is 2.42. The third-order valence-electron chi connectivity index (χ3n) is 4.54. The largest absolute Gasteiger partial charge is 0.494 e. The molecule has 0 saturated heterocycles. The maximum Gasteiger partial charge on any atom is 0.225 e. The first kappa shape index (κ1) is 17.7. The maximum atomic E-state index is 12.2. The van der Waals surface area contributed by atoms with Crippen LogP contribution in [0.15, 0.2) is 47.3 Å². The Kier molecular flexibility index (Phi) is 4.52. The molecular weight excluding hydrogens is 360 g/mol. The first-order valence-electron chi connectivity index (χ1n) is 8.70. The van der Waals surface area contributed by atoms with Gasteiger partial charge in [-0.3, -0.25) is 9.59 Å². The fourth-order valence-electron chi connectivity index (χ4n) is 3.29. The third-order valence-corrected chi connectivity index (χ3v) is 4.54. The molecule has 1 aliphatic heterocycles. The quantitative estimate of drug-likeness (QED) is 0.722. The average Bonchev–Trinajstić information content (AvgIpc) is 3.21. The number of methoxy groups -OCH3 is 1. The van der Waals surface area contributed by atoms with Crippen LogP contribution < -0.4 is 15.4 Å². The van der Waals surface area contributed by atoms with Crippen LogP contribution in [-0.4, -0.2) is 28.9 Å². The molecule has 1 aromatic carbocycles. The second-order valence-corrected chi connectivity index (χ2v) is 6.44. The van der Waals surface area contributed by atoms with Crippen LogP contribution >= 0.6 is 0 Å². The number of fused-ring (bicyclic) bond motifs is 1. The van der Waals surface area contributed by atoms with E-state index in [1.54, 1.807) is 36.9 Å². The van der Waals surface area contributed by atoms with E-state index >= 15 is 0 Å². The summed E-state index contributed by atoms with van der Waals surface area (Å²) >= 11 is 0. The number of hydrogen-bond donors (Lipinski definition) is 2. The minimum Gasteiger partial charge on any atom is -0.494 e. The number of benzene rings is 1. The van der Waals surface area contributed by atoms with Crippen molar-refractivity contribution in [3.8, 4) is 17.3 Å². The molecule has 1 aliphatic rings. The van der Waals surface area contributed by atoms with Gasteiger partial charge in [0, 0.05) is 43.4 Å². The Morgan fingerprint density at radius 2 is 2.11 bits per heavy atom. The fraction of sp³-hybridized carbons (Fsp3) is 0.200. The number of anilines is 2. The van der Waals surface area contributed by atoms with Crippen molar-refractivity contribution in [2.24, 2.45) is 0 Å². The van der Waals surface area contributed by atoms with Gasteiger partial charge in [0.1, 0.15) is 5.75 Å². The zero-order chi connectivity index (χ0) is 19.7. The molecule has 3 aromatic rings. The van der Waals surface area contributed by atoms with Crippen molar-refractivity contribution in [2.75, 3.05) is 17.7 Å². The molecule has 8 heteroatoms. The smallest absolute Gasteiger partial charge is 0.225 e. The molecule has 0 aliphatic carbocycles. The summed E-state index contributed by atoms with van der Waals surface area (Å²) in [7, 11) is 1.51.